The van der Waals surface area contributed by atoms with Crippen molar-refractivity contribution in [3.63, 3.8) is 0 Å². The Morgan fingerprint density at radius 3 is 2.24 bits per heavy atom. The number of hydrogen-bond donors (Lipinski definition) is 3. The van der Waals surface area contributed by atoms with Crippen LogP contribution in [0, 0.1) is 5.82 Å². The second-order valence-electron chi connectivity index (χ2n) is 7.37. The van der Waals surface area contributed by atoms with Crippen LogP contribution in [0.2, 0.25) is 5.02 Å². The fourth-order valence-electron chi connectivity index (χ4n) is 3.06. The summed E-state index contributed by atoms with van der Waals surface area (Å²) < 4.78 is 18.4. The van der Waals surface area contributed by atoms with E-state index in [1.807, 2.05) is 6.07 Å². The van der Waals surface area contributed by atoms with Crippen molar-refractivity contribution in [1.29, 1.82) is 0 Å². The normalized spacial score (nSPS) is 12.2. The molecule has 2 atom stereocenters. The van der Waals surface area contributed by atoms with Crippen LogP contribution in [0.15, 0.2) is 78.9 Å². The molecule has 0 bridgehead atoms. The van der Waals surface area contributed by atoms with Crippen LogP contribution >= 0.6 is 11.6 Å². The molecule has 3 N–H and O–H groups in total. The van der Waals surface area contributed by atoms with Gasteiger partial charge in [0.2, 0.25) is 5.91 Å². The summed E-state index contributed by atoms with van der Waals surface area (Å²) in [6, 6.07) is 20.1. The van der Waals surface area contributed by atoms with Gasteiger partial charge in [0.15, 0.2) is 6.10 Å². The van der Waals surface area contributed by atoms with Gasteiger partial charge in [-0.05, 0) is 48.9 Å². The molecule has 2 unspecified atom stereocenters. The van der Waals surface area contributed by atoms with E-state index >= 15 is 0 Å². The van der Waals surface area contributed by atoms with E-state index in [4.69, 9.17) is 16.3 Å². The topological polar surface area (TPSA) is 96.5 Å². The Labute approximate surface area is 201 Å². The minimum atomic E-state index is -0.949. The van der Waals surface area contributed by atoms with Gasteiger partial charge in [0, 0.05) is 0 Å². The Balaban J connectivity index is 1.59. The van der Waals surface area contributed by atoms with Crippen LogP contribution in [0.25, 0.3) is 0 Å². The van der Waals surface area contributed by atoms with E-state index in [-0.39, 0.29) is 12.0 Å². The lowest BCUT2D eigenvalue weighted by molar-refractivity contribution is -0.132. The van der Waals surface area contributed by atoms with Crippen LogP contribution in [-0.4, -0.2) is 23.8 Å². The molecule has 3 amide bonds. The zero-order valence-electron chi connectivity index (χ0n) is 18.3. The molecule has 176 valence electrons. The van der Waals surface area contributed by atoms with E-state index < -0.39 is 35.7 Å². The molecule has 0 aromatic heterocycles. The molecule has 0 aliphatic heterocycles. The first-order chi connectivity index (χ1) is 16.3. The van der Waals surface area contributed by atoms with Gasteiger partial charge >= 0.3 is 0 Å². The summed E-state index contributed by atoms with van der Waals surface area (Å²) in [6.45, 7) is 1.49. The Kier molecular flexibility index (Phi) is 8.59. The third-order valence-electron chi connectivity index (χ3n) is 4.84. The fraction of sp³-hybridized carbons (Fsp3) is 0.160. The Bertz CT molecular complexity index is 1140. The zero-order valence-corrected chi connectivity index (χ0v) is 19.0. The number of nitrogens with one attached hydrogen (secondary N) is 3. The van der Waals surface area contributed by atoms with Gasteiger partial charge in [0.05, 0.1) is 23.0 Å². The fourth-order valence-corrected chi connectivity index (χ4v) is 3.28. The molecule has 0 radical (unpaired) electrons. The molecule has 34 heavy (non-hydrogen) atoms. The minimum absolute atomic E-state index is 0.145. The number of rotatable bonds is 8. The smallest absolute Gasteiger partial charge is 0.279 e. The van der Waals surface area contributed by atoms with Gasteiger partial charge in [-0.15, -0.1) is 0 Å². The molecule has 3 aromatic rings. The number of hydrogen-bond acceptors (Lipinski definition) is 4. The molecule has 0 spiro atoms. The molecule has 0 fully saturated rings. The van der Waals surface area contributed by atoms with Crippen molar-refractivity contribution in [2.45, 2.75) is 25.5 Å². The monoisotopic (exact) mass is 483 g/mol. The molecule has 0 aliphatic carbocycles. The SMILES string of the molecule is CC(Oc1ccc(F)cc1)C(=O)NNC(=O)CC(NC(=O)c1ccccc1Cl)c1ccccc1. The lowest BCUT2D eigenvalue weighted by atomic mass is 10.0. The van der Waals surface area contributed by atoms with Gasteiger partial charge < -0.3 is 10.1 Å². The van der Waals surface area contributed by atoms with Crippen LogP contribution in [0.1, 0.15) is 35.3 Å². The first kappa shape index (κ1) is 24.7. The van der Waals surface area contributed by atoms with Gasteiger partial charge in [-0.25, -0.2) is 4.39 Å². The Morgan fingerprint density at radius 2 is 1.56 bits per heavy atom. The highest BCUT2D eigenvalue weighted by atomic mass is 35.5. The van der Waals surface area contributed by atoms with Gasteiger partial charge in [-0.2, -0.15) is 0 Å². The summed E-state index contributed by atoms with van der Waals surface area (Å²) in [5, 5.41) is 3.11. The minimum Gasteiger partial charge on any atom is -0.481 e. The summed E-state index contributed by atoms with van der Waals surface area (Å²) in [5.41, 5.74) is 5.61. The standard InChI is InChI=1S/C25H23ClFN3O4/c1-16(34-19-13-11-18(27)12-14-19)24(32)30-29-23(31)15-22(17-7-3-2-4-8-17)28-25(33)20-9-5-6-10-21(20)26/h2-14,16,22H,15H2,1H3,(H,28,33)(H,29,31)(H,30,32). The van der Waals surface area contributed by atoms with Crippen LogP contribution in [0.3, 0.4) is 0 Å². The largest absolute Gasteiger partial charge is 0.481 e. The Morgan fingerprint density at radius 1 is 0.912 bits per heavy atom. The summed E-state index contributed by atoms with van der Waals surface area (Å²) in [4.78, 5) is 37.6. The van der Waals surface area contributed by atoms with Crippen LogP contribution in [0.4, 0.5) is 4.39 Å². The molecule has 0 aliphatic rings. The number of carbonyl (C=O) groups excluding carboxylic acids is 3. The van der Waals surface area contributed by atoms with E-state index in [0.29, 0.717) is 16.3 Å². The number of benzene rings is 3. The predicted octanol–water partition coefficient (Wildman–Crippen LogP) is 3.96. The van der Waals surface area contributed by atoms with Gasteiger partial charge in [0.25, 0.3) is 11.8 Å². The molecule has 0 saturated carbocycles. The van der Waals surface area contributed by atoms with Gasteiger partial charge in [0.1, 0.15) is 11.6 Å². The molecule has 0 saturated heterocycles. The molecule has 3 aromatic carbocycles. The molecular weight excluding hydrogens is 461 g/mol. The van der Waals surface area contributed by atoms with Gasteiger partial charge in [-0.3, -0.25) is 25.2 Å². The molecule has 3 rings (SSSR count). The van der Waals surface area contributed by atoms with Crippen molar-refractivity contribution >= 4 is 29.3 Å². The van der Waals surface area contributed by atoms with Crippen molar-refractivity contribution in [1.82, 2.24) is 16.2 Å². The van der Waals surface area contributed by atoms with Crippen molar-refractivity contribution < 1.29 is 23.5 Å². The summed E-state index contributed by atoms with van der Waals surface area (Å²) >= 11 is 6.12. The lowest BCUT2D eigenvalue weighted by Crippen LogP contribution is -2.48. The average molecular weight is 484 g/mol. The van der Waals surface area contributed by atoms with Crippen LogP contribution in [-0.2, 0) is 9.59 Å². The maximum atomic E-state index is 13.0. The molecular formula is C25H23ClFN3O4. The van der Waals surface area contributed by atoms with Crippen molar-refractivity contribution in [2.24, 2.45) is 0 Å². The average Bonchev–Trinajstić information content (AvgIpc) is 2.84. The first-order valence-corrected chi connectivity index (χ1v) is 10.8. The first-order valence-electron chi connectivity index (χ1n) is 10.4. The molecule has 7 nitrogen and oxygen atoms in total. The quantitative estimate of drug-likeness (QED) is 0.423. The summed E-state index contributed by atoms with van der Waals surface area (Å²) in [7, 11) is 0. The number of halogens is 2. The van der Waals surface area contributed by atoms with E-state index in [2.05, 4.69) is 16.2 Å². The second kappa shape index (κ2) is 11.8. The number of ether oxygens (including phenoxy) is 1. The predicted molar refractivity (Wildman–Crippen MR) is 125 cm³/mol. The maximum absolute atomic E-state index is 13.0. The highest BCUT2D eigenvalue weighted by Gasteiger charge is 2.21. The highest BCUT2D eigenvalue weighted by molar-refractivity contribution is 6.33. The second-order valence-corrected chi connectivity index (χ2v) is 7.78. The highest BCUT2D eigenvalue weighted by Crippen LogP contribution is 2.20. The lowest BCUT2D eigenvalue weighted by Gasteiger charge is -2.20. The molecule has 9 heteroatoms. The Hall–Kier alpha value is -3.91. The van der Waals surface area contributed by atoms with E-state index in [9.17, 15) is 18.8 Å². The van der Waals surface area contributed by atoms with Gasteiger partial charge in [-0.1, -0.05) is 54.1 Å². The van der Waals surface area contributed by atoms with E-state index in [1.165, 1.54) is 31.2 Å². The maximum Gasteiger partial charge on any atom is 0.279 e. The van der Waals surface area contributed by atoms with Crippen molar-refractivity contribution in [2.75, 3.05) is 0 Å². The third kappa shape index (κ3) is 7.05. The van der Waals surface area contributed by atoms with E-state index in [1.54, 1.807) is 48.5 Å². The van der Waals surface area contributed by atoms with E-state index in [0.717, 1.165) is 0 Å². The third-order valence-corrected chi connectivity index (χ3v) is 5.17. The zero-order chi connectivity index (χ0) is 24.5. The number of hydrazine groups is 1. The van der Waals surface area contributed by atoms with Crippen LogP contribution in [0.5, 0.6) is 5.75 Å². The number of amides is 3. The number of carbonyl (C=O) groups is 3. The van der Waals surface area contributed by atoms with Crippen molar-refractivity contribution in [3.8, 4) is 5.75 Å². The van der Waals surface area contributed by atoms with Crippen LogP contribution < -0.4 is 20.9 Å². The molecule has 0 heterocycles. The van der Waals surface area contributed by atoms with Crippen molar-refractivity contribution in [3.05, 3.63) is 101 Å². The summed E-state index contributed by atoms with van der Waals surface area (Å²) in [5.74, 6) is -1.68. The summed E-state index contributed by atoms with van der Waals surface area (Å²) in [6.07, 6.45) is -1.09.